The first kappa shape index (κ1) is 17.0. The first-order valence-corrected chi connectivity index (χ1v) is 8.25. The van der Waals surface area contributed by atoms with E-state index in [9.17, 15) is 4.79 Å². The number of ether oxygens (including phenoxy) is 1. The number of benzene rings is 2. The normalized spacial score (nSPS) is 10.4. The molecule has 128 valence electrons. The van der Waals surface area contributed by atoms with Crippen LogP contribution in [-0.2, 0) is 11.8 Å². The van der Waals surface area contributed by atoms with E-state index < -0.39 is 0 Å². The van der Waals surface area contributed by atoms with Crippen molar-refractivity contribution < 1.29 is 14.4 Å². The average Bonchev–Trinajstić information content (AvgIpc) is 2.98. The number of aryl methyl sites for hydroxylation is 1. The zero-order valence-electron chi connectivity index (χ0n) is 13.7. The monoisotopic (exact) mass is 401 g/mol. The summed E-state index contributed by atoms with van der Waals surface area (Å²) in [6.07, 6.45) is 2.38. The fourth-order valence-electron chi connectivity index (χ4n) is 2.53. The van der Waals surface area contributed by atoms with Gasteiger partial charge in [0.25, 0.3) is 0 Å². The Kier molecular flexibility index (Phi) is 5.04. The number of carbonyl (C=O) groups is 1. The second-order valence-corrected chi connectivity index (χ2v) is 6.13. The smallest absolute Gasteiger partial charge is 0.239 e. The van der Waals surface area contributed by atoms with E-state index in [4.69, 9.17) is 9.57 Å². The molecule has 25 heavy (non-hydrogen) atoms. The third-order valence-electron chi connectivity index (χ3n) is 3.63. The van der Waals surface area contributed by atoms with Crippen LogP contribution in [0.2, 0.25) is 0 Å². The Balaban J connectivity index is 2.08. The molecule has 0 bridgehead atoms. The fourth-order valence-corrected chi connectivity index (χ4v) is 3.13. The van der Waals surface area contributed by atoms with E-state index in [0.717, 1.165) is 26.9 Å². The zero-order chi connectivity index (χ0) is 17.8. The fraction of sp³-hybridized carbons (Fsp3) is 0.111. The highest BCUT2D eigenvalue weighted by atomic mass is 79.9. The lowest BCUT2D eigenvalue weighted by Gasteiger charge is -2.12. The number of carbonyl (C=O) groups excluding carboxylic acids is 1. The molecule has 0 unspecified atom stereocenters. The SMILES string of the molecule is COc1ccc(ONC=O)c(-c2cccc(-c3nn(C)cc3Br)c2)c1. The first-order chi connectivity index (χ1) is 12.1. The molecule has 3 aromatic rings. The number of hydrogen-bond acceptors (Lipinski definition) is 4. The van der Waals surface area contributed by atoms with Crippen LogP contribution < -0.4 is 15.1 Å². The predicted molar refractivity (Wildman–Crippen MR) is 98.2 cm³/mol. The van der Waals surface area contributed by atoms with Crippen LogP contribution in [0.5, 0.6) is 11.5 Å². The van der Waals surface area contributed by atoms with E-state index in [2.05, 4.69) is 26.5 Å². The summed E-state index contributed by atoms with van der Waals surface area (Å²) in [4.78, 5) is 15.9. The number of hydroxylamine groups is 1. The minimum absolute atomic E-state index is 0.482. The molecule has 0 atom stereocenters. The van der Waals surface area contributed by atoms with Gasteiger partial charge in [0.1, 0.15) is 11.4 Å². The lowest BCUT2D eigenvalue weighted by atomic mass is 10.0. The number of nitrogens with one attached hydrogen (secondary N) is 1. The summed E-state index contributed by atoms with van der Waals surface area (Å²) in [5, 5.41) is 4.48. The van der Waals surface area contributed by atoms with Crippen molar-refractivity contribution >= 4 is 22.3 Å². The molecule has 0 saturated carbocycles. The molecule has 1 amide bonds. The molecule has 2 aromatic carbocycles. The lowest BCUT2D eigenvalue weighted by molar-refractivity contribution is -0.115. The number of hydrogen-bond donors (Lipinski definition) is 1. The number of aromatic nitrogens is 2. The molecule has 0 aliphatic heterocycles. The van der Waals surface area contributed by atoms with Crippen LogP contribution in [0.3, 0.4) is 0 Å². The third kappa shape index (κ3) is 3.66. The number of nitrogens with zero attached hydrogens (tertiary/aromatic N) is 2. The van der Waals surface area contributed by atoms with Crippen LogP contribution in [0.25, 0.3) is 22.4 Å². The Morgan fingerprint density at radius 1 is 1.20 bits per heavy atom. The summed E-state index contributed by atoms with van der Waals surface area (Å²) in [5.41, 5.74) is 5.74. The highest BCUT2D eigenvalue weighted by Crippen LogP contribution is 2.36. The Morgan fingerprint density at radius 3 is 2.68 bits per heavy atom. The van der Waals surface area contributed by atoms with Crippen LogP contribution in [0.15, 0.2) is 53.1 Å². The molecule has 0 aliphatic carbocycles. The Hall–Kier alpha value is -2.80. The Morgan fingerprint density at radius 2 is 2.00 bits per heavy atom. The van der Waals surface area contributed by atoms with E-state index in [-0.39, 0.29) is 0 Å². The minimum atomic E-state index is 0.482. The Bertz CT molecular complexity index is 908. The molecule has 0 radical (unpaired) electrons. The molecule has 0 fully saturated rings. The van der Waals surface area contributed by atoms with E-state index in [0.29, 0.717) is 17.9 Å². The molecule has 0 aliphatic rings. The Labute approximate surface area is 153 Å². The number of amides is 1. The van der Waals surface area contributed by atoms with Gasteiger partial charge in [-0.2, -0.15) is 10.6 Å². The molecule has 3 rings (SSSR count). The summed E-state index contributed by atoms with van der Waals surface area (Å²) >= 11 is 3.53. The van der Waals surface area contributed by atoms with Crippen molar-refractivity contribution in [1.29, 1.82) is 0 Å². The van der Waals surface area contributed by atoms with Crippen molar-refractivity contribution in [3.8, 4) is 33.9 Å². The minimum Gasteiger partial charge on any atom is -0.497 e. The van der Waals surface area contributed by atoms with Gasteiger partial charge in [0, 0.05) is 24.4 Å². The zero-order valence-corrected chi connectivity index (χ0v) is 15.3. The molecule has 1 heterocycles. The van der Waals surface area contributed by atoms with E-state index in [1.54, 1.807) is 23.9 Å². The van der Waals surface area contributed by atoms with Crippen LogP contribution >= 0.6 is 15.9 Å². The van der Waals surface area contributed by atoms with Gasteiger partial charge in [0.05, 0.1) is 11.6 Å². The van der Waals surface area contributed by atoms with E-state index >= 15 is 0 Å². The molecule has 0 saturated heterocycles. The number of halogens is 1. The van der Waals surface area contributed by atoms with Crippen molar-refractivity contribution in [2.75, 3.05) is 7.11 Å². The van der Waals surface area contributed by atoms with Crippen molar-refractivity contribution in [3.63, 3.8) is 0 Å². The van der Waals surface area contributed by atoms with Crippen LogP contribution in [-0.4, -0.2) is 23.3 Å². The summed E-state index contributed by atoms with van der Waals surface area (Å²) in [7, 11) is 3.47. The molecular formula is C18H16BrN3O3. The maximum Gasteiger partial charge on any atom is 0.239 e. The summed E-state index contributed by atoms with van der Waals surface area (Å²) < 4.78 is 7.97. The van der Waals surface area contributed by atoms with Gasteiger partial charge in [-0.1, -0.05) is 18.2 Å². The van der Waals surface area contributed by atoms with Gasteiger partial charge in [-0.05, 0) is 45.8 Å². The predicted octanol–water partition coefficient (Wildman–Crippen LogP) is 3.57. The van der Waals surface area contributed by atoms with Gasteiger partial charge in [-0.3, -0.25) is 9.48 Å². The summed E-state index contributed by atoms with van der Waals surface area (Å²) in [6, 6.07) is 13.3. The standard InChI is InChI=1S/C18H16BrN3O3/c1-22-10-16(19)18(21-22)13-5-3-4-12(8-13)15-9-14(24-2)6-7-17(15)25-20-11-23/h3-11H,1-2H3,(H,20,23). The molecule has 1 aromatic heterocycles. The second kappa shape index (κ2) is 7.40. The van der Waals surface area contributed by atoms with Gasteiger partial charge < -0.3 is 9.57 Å². The van der Waals surface area contributed by atoms with Gasteiger partial charge in [0.15, 0.2) is 5.75 Å². The van der Waals surface area contributed by atoms with Crippen molar-refractivity contribution in [2.24, 2.45) is 7.05 Å². The first-order valence-electron chi connectivity index (χ1n) is 7.46. The van der Waals surface area contributed by atoms with Gasteiger partial charge >= 0.3 is 0 Å². The lowest BCUT2D eigenvalue weighted by Crippen LogP contribution is -2.15. The van der Waals surface area contributed by atoms with Crippen LogP contribution in [0, 0.1) is 0 Å². The van der Waals surface area contributed by atoms with Gasteiger partial charge in [-0.25, -0.2) is 0 Å². The maximum atomic E-state index is 10.6. The number of rotatable bonds is 6. The van der Waals surface area contributed by atoms with Gasteiger partial charge in [0.2, 0.25) is 6.41 Å². The summed E-state index contributed by atoms with van der Waals surface area (Å²) in [6.45, 7) is 0. The average molecular weight is 402 g/mol. The van der Waals surface area contributed by atoms with Crippen molar-refractivity contribution in [2.45, 2.75) is 0 Å². The second-order valence-electron chi connectivity index (χ2n) is 5.28. The van der Waals surface area contributed by atoms with E-state index in [1.807, 2.05) is 43.6 Å². The van der Waals surface area contributed by atoms with Crippen molar-refractivity contribution in [1.82, 2.24) is 15.3 Å². The van der Waals surface area contributed by atoms with Crippen molar-refractivity contribution in [3.05, 3.63) is 53.1 Å². The van der Waals surface area contributed by atoms with Crippen LogP contribution in [0.4, 0.5) is 0 Å². The number of methoxy groups -OCH3 is 1. The maximum absolute atomic E-state index is 10.6. The highest BCUT2D eigenvalue weighted by Gasteiger charge is 2.13. The summed E-state index contributed by atoms with van der Waals surface area (Å²) in [5.74, 6) is 1.21. The molecular weight excluding hydrogens is 386 g/mol. The molecule has 1 N–H and O–H groups in total. The quantitative estimate of drug-likeness (QED) is 0.506. The largest absolute Gasteiger partial charge is 0.497 e. The topological polar surface area (TPSA) is 65.4 Å². The molecule has 6 nitrogen and oxygen atoms in total. The third-order valence-corrected chi connectivity index (χ3v) is 4.22. The highest BCUT2D eigenvalue weighted by molar-refractivity contribution is 9.10. The van der Waals surface area contributed by atoms with E-state index in [1.165, 1.54) is 0 Å². The van der Waals surface area contributed by atoms with Crippen LogP contribution in [0.1, 0.15) is 0 Å². The van der Waals surface area contributed by atoms with Gasteiger partial charge in [-0.15, -0.1) is 0 Å². The molecule has 0 spiro atoms. The molecule has 7 heteroatoms.